The molecule has 0 unspecified atom stereocenters. The summed E-state index contributed by atoms with van der Waals surface area (Å²) in [6, 6.07) is 0. The quantitative estimate of drug-likeness (QED) is 0.755. The van der Waals surface area contributed by atoms with E-state index in [1.807, 2.05) is 0 Å². The van der Waals surface area contributed by atoms with Crippen LogP contribution in [0.3, 0.4) is 0 Å². The summed E-state index contributed by atoms with van der Waals surface area (Å²) < 4.78 is 9.04. The third-order valence-corrected chi connectivity index (χ3v) is 11.4. The second-order valence-electron chi connectivity index (χ2n) is 4.27. The van der Waals surface area contributed by atoms with Gasteiger partial charge >= 0.3 is 111 Å². The average Bonchev–Trinajstić information content (AvgIpc) is 2.84. The molecule has 0 aromatic rings. The zero-order valence-electron chi connectivity index (χ0n) is 9.72. The van der Waals surface area contributed by atoms with Gasteiger partial charge in [0.05, 0.1) is 0 Å². The van der Waals surface area contributed by atoms with Gasteiger partial charge in [-0.15, -0.1) is 0 Å². The number of hydrogen-bond acceptors (Lipinski definition) is 1. The molecule has 0 N–H and O–H groups in total. The second kappa shape index (κ2) is 5.62. The zero-order chi connectivity index (χ0) is 11.5. The Labute approximate surface area is 110 Å². The molecule has 0 saturated carbocycles. The Morgan fingerprint density at radius 2 is 1.62 bits per heavy atom. The van der Waals surface area contributed by atoms with E-state index in [9.17, 15) is 0 Å². The van der Waals surface area contributed by atoms with Gasteiger partial charge in [0, 0.05) is 0 Å². The second-order valence-corrected chi connectivity index (χ2v) is 10.5. The van der Waals surface area contributed by atoms with Crippen molar-refractivity contribution in [3.8, 4) is 0 Å². The maximum atomic E-state index is 5.51. The Hall–Kier alpha value is 0.0931. The van der Waals surface area contributed by atoms with E-state index in [0.29, 0.717) is 0 Å². The first kappa shape index (κ1) is 12.5. The first-order valence-electron chi connectivity index (χ1n) is 5.56. The van der Waals surface area contributed by atoms with Crippen molar-refractivity contribution >= 4 is 11.9 Å². The Balaban J connectivity index is 2.25. The van der Waals surface area contributed by atoms with Crippen LogP contribution in [0.2, 0.25) is 0 Å². The Bertz CT molecular complexity index is 368. The summed E-state index contributed by atoms with van der Waals surface area (Å²) in [7, 11) is 0. The summed E-state index contributed by atoms with van der Waals surface area (Å²) >= 11 is 3.70. The third kappa shape index (κ3) is 2.50. The molecule has 85 valence electrons. The van der Waals surface area contributed by atoms with Gasteiger partial charge in [-0.2, -0.15) is 0 Å². The van der Waals surface area contributed by atoms with Crippen molar-refractivity contribution < 1.29 is 26.0 Å². The van der Waals surface area contributed by atoms with Crippen molar-refractivity contribution in [2.75, 3.05) is 4.31 Å². The third-order valence-electron chi connectivity index (χ3n) is 3.26. The van der Waals surface area contributed by atoms with Gasteiger partial charge in [-0.1, -0.05) is 0 Å². The molecule has 2 aliphatic rings. The molecule has 0 aromatic heterocycles. The van der Waals surface area contributed by atoms with Crippen LogP contribution in [0.5, 0.6) is 0 Å². The molecule has 0 atom stereocenters. The molecule has 0 amide bonds. The van der Waals surface area contributed by atoms with Gasteiger partial charge in [-0.3, -0.25) is 0 Å². The fraction of sp³-hybridized carbons (Fsp3) is 0.385. The van der Waals surface area contributed by atoms with Crippen molar-refractivity contribution in [3.63, 3.8) is 0 Å². The minimum absolute atomic E-state index is 0.770. The molecule has 16 heavy (non-hydrogen) atoms. The molecule has 2 aliphatic carbocycles. The van der Waals surface area contributed by atoms with Gasteiger partial charge in [-0.25, -0.2) is 0 Å². The first-order valence-corrected chi connectivity index (χ1v) is 10.1. The fourth-order valence-electron chi connectivity index (χ4n) is 2.36. The molecule has 0 radical (unpaired) electrons. The predicted octanol–water partition coefficient (Wildman–Crippen LogP) is 4.20. The molecule has 0 spiro atoms. The van der Waals surface area contributed by atoms with Crippen LogP contribution in [-0.4, -0.2) is 4.31 Å². The fourth-order valence-corrected chi connectivity index (χ4v) is 9.57. The summed E-state index contributed by atoms with van der Waals surface area (Å²) in [6.07, 6.45) is 11.2. The molecule has 0 bridgehead atoms. The molecule has 0 heterocycles. The van der Waals surface area contributed by atoms with Crippen molar-refractivity contribution in [2.24, 2.45) is 0 Å². The molecular formula is C13H16ClOZr. The molecule has 2 rings (SSSR count). The number of hydrogen-bond donors (Lipinski definition) is 0. The molecule has 0 aliphatic heterocycles. The van der Waals surface area contributed by atoms with Crippen LogP contribution in [0.15, 0.2) is 42.0 Å². The number of halogens is 1. The van der Waals surface area contributed by atoms with E-state index in [-0.39, 0.29) is 0 Å². The van der Waals surface area contributed by atoms with Crippen molar-refractivity contribution in [3.05, 3.63) is 42.0 Å². The van der Waals surface area contributed by atoms with Crippen LogP contribution >= 0.6 is 11.9 Å². The molecule has 0 aromatic carbocycles. The first-order chi connectivity index (χ1) is 7.74. The number of allylic oxidation sites excluding steroid dienone is 8. The van der Waals surface area contributed by atoms with E-state index in [1.165, 1.54) is 11.1 Å². The monoisotopic (exact) mass is 313 g/mol. The summed E-state index contributed by atoms with van der Waals surface area (Å²) in [4.78, 5) is 0. The molecule has 1 nitrogen and oxygen atoms in total. The van der Waals surface area contributed by atoms with E-state index in [1.54, 1.807) is 6.56 Å². The van der Waals surface area contributed by atoms with Gasteiger partial charge in [0.2, 0.25) is 0 Å². The van der Waals surface area contributed by atoms with Gasteiger partial charge in [0.15, 0.2) is 0 Å². The molecule has 3 heteroatoms. The summed E-state index contributed by atoms with van der Waals surface area (Å²) in [6.45, 7) is 4.43. The van der Waals surface area contributed by atoms with E-state index in [0.717, 1.165) is 17.2 Å². The topological polar surface area (TPSA) is 9.23 Å². The van der Waals surface area contributed by atoms with Crippen LogP contribution in [0.25, 0.3) is 0 Å². The zero-order valence-corrected chi connectivity index (χ0v) is 12.9. The molecule has 0 fully saturated rings. The van der Waals surface area contributed by atoms with Gasteiger partial charge in [0.25, 0.3) is 0 Å². The summed E-state index contributed by atoms with van der Waals surface area (Å²) in [5, 5.41) is 0. The van der Waals surface area contributed by atoms with Crippen molar-refractivity contribution in [1.82, 2.24) is 0 Å². The average molecular weight is 315 g/mol. The van der Waals surface area contributed by atoms with Gasteiger partial charge in [0.1, 0.15) is 0 Å². The van der Waals surface area contributed by atoms with Crippen LogP contribution < -0.4 is 0 Å². The van der Waals surface area contributed by atoms with Gasteiger partial charge < -0.3 is 0 Å². The van der Waals surface area contributed by atoms with E-state index in [2.05, 4.69) is 38.2 Å². The maximum absolute atomic E-state index is 5.51. The van der Waals surface area contributed by atoms with E-state index in [4.69, 9.17) is 16.2 Å². The predicted molar refractivity (Wildman–Crippen MR) is 64.7 cm³/mol. The summed E-state index contributed by atoms with van der Waals surface area (Å²) in [5.74, 6) is 0. The standard InChI is InChI=1S/2C6H7.CH2ClO.Zr/c2*1-6-4-2-3-5-6;1-3-2;/h2*2,4H,3H2,1H3;1H2;. The van der Waals surface area contributed by atoms with Crippen LogP contribution in [-0.2, 0) is 26.0 Å². The van der Waals surface area contributed by atoms with E-state index < -0.39 is 21.8 Å². The molecule has 0 saturated heterocycles. The Kier molecular flexibility index (Phi) is 4.41. The van der Waals surface area contributed by atoms with E-state index >= 15 is 0 Å². The van der Waals surface area contributed by atoms with Crippen LogP contribution in [0.4, 0.5) is 0 Å². The summed E-state index contributed by atoms with van der Waals surface area (Å²) in [5.41, 5.74) is 2.91. The molecular weight excluding hydrogens is 299 g/mol. The SMILES string of the molecule is CC1=[C]([Zr]([CH2]OCl)[C]2=C(C)C=CC2)CC=C1. The Morgan fingerprint density at radius 3 is 1.94 bits per heavy atom. The van der Waals surface area contributed by atoms with Crippen molar-refractivity contribution in [1.29, 1.82) is 0 Å². The van der Waals surface area contributed by atoms with Crippen molar-refractivity contribution in [2.45, 2.75) is 26.7 Å². The van der Waals surface area contributed by atoms with Crippen LogP contribution in [0, 0.1) is 0 Å². The number of rotatable bonds is 4. The van der Waals surface area contributed by atoms with Gasteiger partial charge in [-0.05, 0) is 0 Å². The minimum atomic E-state index is -1.81. The normalized spacial score (nSPS) is 19.2. The van der Waals surface area contributed by atoms with Crippen LogP contribution in [0.1, 0.15) is 26.7 Å². The Morgan fingerprint density at radius 1 is 1.12 bits per heavy atom.